The van der Waals surface area contributed by atoms with Crippen molar-refractivity contribution >= 4 is 21.9 Å². The summed E-state index contributed by atoms with van der Waals surface area (Å²) in [4.78, 5) is 11.3. The van der Waals surface area contributed by atoms with Gasteiger partial charge in [0.25, 0.3) is 0 Å². The van der Waals surface area contributed by atoms with Crippen LogP contribution in [-0.4, -0.2) is 25.3 Å². The molecule has 0 saturated carbocycles. The number of ether oxygens (including phenoxy) is 2. The van der Waals surface area contributed by atoms with Gasteiger partial charge in [0, 0.05) is 10.0 Å². The minimum Gasteiger partial charge on any atom is -0.493 e. The maximum atomic E-state index is 11.3. The van der Waals surface area contributed by atoms with Gasteiger partial charge in [-0.15, -0.1) is 0 Å². The van der Waals surface area contributed by atoms with Crippen LogP contribution in [0.5, 0.6) is 11.5 Å². The van der Waals surface area contributed by atoms with Crippen molar-refractivity contribution in [1.82, 2.24) is 0 Å². The summed E-state index contributed by atoms with van der Waals surface area (Å²) >= 11 is 3.52. The largest absolute Gasteiger partial charge is 0.493 e. The highest BCUT2D eigenvalue weighted by atomic mass is 79.9. The second kappa shape index (κ2) is 6.48. The van der Waals surface area contributed by atoms with Crippen LogP contribution in [0.3, 0.4) is 0 Å². The fourth-order valence-corrected chi connectivity index (χ4v) is 2.74. The minimum absolute atomic E-state index is 0.423. The summed E-state index contributed by atoms with van der Waals surface area (Å²) in [6.07, 6.45) is 1.16. The molecule has 0 bridgehead atoms. The molecule has 0 heterocycles. The third kappa shape index (κ3) is 3.26. The van der Waals surface area contributed by atoms with Crippen LogP contribution in [0, 0.1) is 5.41 Å². The third-order valence-corrected chi connectivity index (χ3v) is 4.09. The van der Waals surface area contributed by atoms with Crippen LogP contribution in [0.2, 0.25) is 0 Å². The number of rotatable bonds is 6. The summed E-state index contributed by atoms with van der Waals surface area (Å²) in [6, 6.07) is 1.82. The molecule has 1 N–H and O–H groups in total. The van der Waals surface area contributed by atoms with Gasteiger partial charge in [0.15, 0.2) is 11.5 Å². The second-order valence-corrected chi connectivity index (χ2v) is 6.12. The number of carboxylic acid groups (broad SMARTS) is 1. The summed E-state index contributed by atoms with van der Waals surface area (Å²) in [5, 5.41) is 9.31. The molecule has 0 atom stereocenters. The van der Waals surface area contributed by atoms with Gasteiger partial charge in [0.05, 0.1) is 19.6 Å². The standard InChI is InChI=1S/C15H21BrO4/c1-6-9-10(8-15(2,3)14(17)18)11(16)7-12(19-4)13(9)20-5/h7H,6,8H2,1-5H3,(H,17,18). The Balaban J connectivity index is 3.43. The van der Waals surface area contributed by atoms with E-state index >= 15 is 0 Å². The lowest BCUT2D eigenvalue weighted by Crippen LogP contribution is -2.27. The molecule has 0 radical (unpaired) electrons. The Morgan fingerprint density at radius 1 is 1.30 bits per heavy atom. The van der Waals surface area contributed by atoms with E-state index in [4.69, 9.17) is 9.47 Å². The lowest BCUT2D eigenvalue weighted by Gasteiger charge is -2.24. The number of aliphatic carboxylic acids is 1. The van der Waals surface area contributed by atoms with E-state index in [9.17, 15) is 9.90 Å². The van der Waals surface area contributed by atoms with Crippen LogP contribution in [0.4, 0.5) is 0 Å². The van der Waals surface area contributed by atoms with Crippen LogP contribution in [-0.2, 0) is 17.6 Å². The van der Waals surface area contributed by atoms with Crippen LogP contribution < -0.4 is 9.47 Å². The Hall–Kier alpha value is -1.23. The van der Waals surface area contributed by atoms with Crippen molar-refractivity contribution in [1.29, 1.82) is 0 Å². The predicted octanol–water partition coefficient (Wildman–Crippen LogP) is 3.68. The molecular weight excluding hydrogens is 324 g/mol. The Labute approximate surface area is 128 Å². The second-order valence-electron chi connectivity index (χ2n) is 5.27. The molecule has 0 unspecified atom stereocenters. The number of benzene rings is 1. The molecule has 0 saturated heterocycles. The quantitative estimate of drug-likeness (QED) is 0.855. The normalized spacial score (nSPS) is 11.3. The molecular formula is C15H21BrO4. The molecule has 112 valence electrons. The zero-order valence-electron chi connectivity index (χ0n) is 12.5. The average molecular weight is 345 g/mol. The minimum atomic E-state index is -0.841. The van der Waals surface area contributed by atoms with E-state index in [0.29, 0.717) is 17.9 Å². The van der Waals surface area contributed by atoms with E-state index in [2.05, 4.69) is 15.9 Å². The van der Waals surface area contributed by atoms with Gasteiger partial charge in [-0.25, -0.2) is 0 Å². The molecule has 1 aromatic carbocycles. The summed E-state index contributed by atoms with van der Waals surface area (Å²) < 4.78 is 11.6. The van der Waals surface area contributed by atoms with Crippen LogP contribution in [0.15, 0.2) is 10.5 Å². The topological polar surface area (TPSA) is 55.8 Å². The smallest absolute Gasteiger partial charge is 0.309 e. The van der Waals surface area contributed by atoms with Crippen molar-refractivity contribution in [3.05, 3.63) is 21.7 Å². The Morgan fingerprint density at radius 3 is 2.30 bits per heavy atom. The first kappa shape index (κ1) is 16.8. The highest BCUT2D eigenvalue weighted by Gasteiger charge is 2.30. The van der Waals surface area contributed by atoms with Gasteiger partial charge in [0.1, 0.15) is 0 Å². The number of carbonyl (C=O) groups is 1. The number of carboxylic acids is 1. The first-order valence-electron chi connectivity index (χ1n) is 6.44. The molecule has 0 aliphatic carbocycles. The number of methoxy groups -OCH3 is 2. The molecule has 4 nitrogen and oxygen atoms in total. The monoisotopic (exact) mass is 344 g/mol. The van der Waals surface area contributed by atoms with Gasteiger partial charge in [-0.1, -0.05) is 22.9 Å². The van der Waals surface area contributed by atoms with E-state index in [1.165, 1.54) is 0 Å². The zero-order valence-corrected chi connectivity index (χ0v) is 14.1. The van der Waals surface area contributed by atoms with Crippen molar-refractivity contribution < 1.29 is 19.4 Å². The Morgan fingerprint density at radius 2 is 1.90 bits per heavy atom. The lowest BCUT2D eigenvalue weighted by atomic mass is 9.83. The Kier molecular flexibility index (Phi) is 5.45. The lowest BCUT2D eigenvalue weighted by molar-refractivity contribution is -0.146. The molecule has 0 spiro atoms. The predicted molar refractivity (Wildman–Crippen MR) is 81.7 cm³/mol. The van der Waals surface area contributed by atoms with Crippen molar-refractivity contribution in [2.24, 2.45) is 5.41 Å². The van der Waals surface area contributed by atoms with E-state index in [-0.39, 0.29) is 0 Å². The molecule has 5 heteroatoms. The molecule has 1 rings (SSSR count). The molecule has 20 heavy (non-hydrogen) atoms. The summed E-state index contributed by atoms with van der Waals surface area (Å²) in [5.74, 6) is 0.503. The maximum Gasteiger partial charge on any atom is 0.309 e. The van der Waals surface area contributed by atoms with Crippen LogP contribution >= 0.6 is 15.9 Å². The van der Waals surface area contributed by atoms with Gasteiger partial charge in [-0.3, -0.25) is 4.79 Å². The van der Waals surface area contributed by atoms with Gasteiger partial charge in [0.2, 0.25) is 0 Å². The number of hydrogen-bond donors (Lipinski definition) is 1. The fraction of sp³-hybridized carbons (Fsp3) is 0.533. The summed E-state index contributed by atoms with van der Waals surface area (Å²) in [6.45, 7) is 5.46. The highest BCUT2D eigenvalue weighted by molar-refractivity contribution is 9.10. The van der Waals surface area contributed by atoms with Crippen LogP contribution in [0.25, 0.3) is 0 Å². The van der Waals surface area contributed by atoms with Gasteiger partial charge in [-0.2, -0.15) is 0 Å². The zero-order chi connectivity index (χ0) is 15.5. The van der Waals surface area contributed by atoms with Crippen molar-refractivity contribution in [2.45, 2.75) is 33.6 Å². The molecule has 0 amide bonds. The maximum absolute atomic E-state index is 11.3. The highest BCUT2D eigenvalue weighted by Crippen LogP contribution is 2.41. The SMILES string of the molecule is CCc1c(CC(C)(C)C(=O)O)c(Br)cc(OC)c1OC. The molecule has 0 aromatic heterocycles. The van der Waals surface area contributed by atoms with E-state index < -0.39 is 11.4 Å². The summed E-state index contributed by atoms with van der Waals surface area (Å²) in [5.41, 5.74) is 1.09. The van der Waals surface area contributed by atoms with Crippen LogP contribution in [0.1, 0.15) is 31.9 Å². The molecule has 0 fully saturated rings. The van der Waals surface area contributed by atoms with Crippen molar-refractivity contribution in [3.63, 3.8) is 0 Å². The number of halogens is 1. The van der Waals surface area contributed by atoms with Crippen molar-refractivity contribution in [2.75, 3.05) is 14.2 Å². The first-order valence-corrected chi connectivity index (χ1v) is 7.23. The Bertz CT molecular complexity index is 509. The molecule has 0 aliphatic heterocycles. The van der Waals surface area contributed by atoms with Crippen molar-refractivity contribution in [3.8, 4) is 11.5 Å². The van der Waals surface area contributed by atoms with E-state index in [1.807, 2.05) is 13.0 Å². The molecule has 1 aromatic rings. The molecule has 0 aliphatic rings. The van der Waals surface area contributed by atoms with E-state index in [0.717, 1.165) is 22.0 Å². The van der Waals surface area contributed by atoms with Gasteiger partial charge in [-0.05, 0) is 38.3 Å². The third-order valence-electron chi connectivity index (χ3n) is 3.38. The van der Waals surface area contributed by atoms with E-state index in [1.54, 1.807) is 28.1 Å². The summed E-state index contributed by atoms with van der Waals surface area (Å²) in [7, 11) is 3.18. The first-order chi connectivity index (χ1) is 9.28. The van der Waals surface area contributed by atoms with Gasteiger partial charge < -0.3 is 14.6 Å². The average Bonchev–Trinajstić information content (AvgIpc) is 2.39. The van der Waals surface area contributed by atoms with Gasteiger partial charge >= 0.3 is 5.97 Å². The number of hydrogen-bond acceptors (Lipinski definition) is 3. The fourth-order valence-electron chi connectivity index (χ4n) is 2.16.